The van der Waals surface area contributed by atoms with Crippen molar-refractivity contribution in [3.8, 4) is 0 Å². The molecule has 1 rings (SSSR count). The summed E-state index contributed by atoms with van der Waals surface area (Å²) in [6.07, 6.45) is -5.25. The molecule has 0 aliphatic carbocycles. The van der Waals surface area contributed by atoms with Gasteiger partial charge in [0.05, 0.1) is 11.3 Å². The molecular weight excluding hydrogens is 247 g/mol. The summed E-state index contributed by atoms with van der Waals surface area (Å²) < 4.78 is 35.6. The molecule has 0 aliphatic rings. The van der Waals surface area contributed by atoms with Crippen LogP contribution in [0.1, 0.15) is 23.2 Å². The number of hydrogen-bond acceptors (Lipinski definition) is 3. The lowest BCUT2D eigenvalue weighted by Crippen LogP contribution is -2.27. The molecule has 100 valence electrons. The van der Waals surface area contributed by atoms with Gasteiger partial charge in [-0.05, 0) is 18.6 Å². The molecule has 0 unspecified atom stereocenters. The van der Waals surface area contributed by atoms with Crippen molar-refractivity contribution in [3.05, 3.63) is 29.8 Å². The first kappa shape index (κ1) is 14.3. The van der Waals surface area contributed by atoms with Crippen LogP contribution in [0.25, 0.3) is 0 Å². The zero-order valence-corrected chi connectivity index (χ0v) is 9.55. The van der Waals surface area contributed by atoms with Gasteiger partial charge in [0.25, 0.3) is 5.91 Å². The smallest absolute Gasteiger partial charge is 0.352 e. The van der Waals surface area contributed by atoms with E-state index in [1.807, 2.05) is 0 Å². The second-order valence-electron chi connectivity index (χ2n) is 3.66. The maximum Gasteiger partial charge on any atom is 0.389 e. The van der Waals surface area contributed by atoms with Crippen LogP contribution in [0.2, 0.25) is 0 Å². The SMILES string of the molecule is NNc1ccccc1C(=O)NCCCC(F)(F)F. The Hall–Kier alpha value is -1.76. The van der Waals surface area contributed by atoms with Crippen LogP contribution in [-0.4, -0.2) is 18.6 Å². The average Bonchev–Trinajstić information content (AvgIpc) is 2.33. The van der Waals surface area contributed by atoms with E-state index in [0.29, 0.717) is 11.3 Å². The number of nitrogen functional groups attached to an aromatic ring is 1. The fraction of sp³-hybridized carbons (Fsp3) is 0.364. The van der Waals surface area contributed by atoms with Gasteiger partial charge in [0, 0.05) is 13.0 Å². The molecule has 7 heteroatoms. The molecule has 0 heterocycles. The summed E-state index contributed by atoms with van der Waals surface area (Å²) in [7, 11) is 0. The number of carbonyl (C=O) groups excluding carboxylic acids is 1. The van der Waals surface area contributed by atoms with E-state index in [4.69, 9.17) is 5.84 Å². The first-order valence-electron chi connectivity index (χ1n) is 5.34. The van der Waals surface area contributed by atoms with E-state index in [9.17, 15) is 18.0 Å². The van der Waals surface area contributed by atoms with Crippen molar-refractivity contribution in [2.45, 2.75) is 19.0 Å². The van der Waals surface area contributed by atoms with Gasteiger partial charge in [-0.2, -0.15) is 13.2 Å². The Morgan fingerprint density at radius 1 is 1.28 bits per heavy atom. The Morgan fingerprint density at radius 3 is 2.56 bits per heavy atom. The summed E-state index contributed by atoms with van der Waals surface area (Å²) in [5, 5.41) is 2.41. The number of nitrogens with one attached hydrogen (secondary N) is 2. The predicted octanol–water partition coefficient (Wildman–Crippen LogP) is 2.04. The first-order valence-corrected chi connectivity index (χ1v) is 5.34. The zero-order valence-electron chi connectivity index (χ0n) is 9.55. The van der Waals surface area contributed by atoms with Crippen LogP contribution in [0.5, 0.6) is 0 Å². The number of hydrogen-bond donors (Lipinski definition) is 3. The molecule has 1 aromatic carbocycles. The molecule has 1 aromatic rings. The molecule has 0 bridgehead atoms. The van der Waals surface area contributed by atoms with Gasteiger partial charge < -0.3 is 10.7 Å². The highest BCUT2D eigenvalue weighted by molar-refractivity contribution is 5.99. The van der Waals surface area contributed by atoms with Crippen molar-refractivity contribution in [2.24, 2.45) is 5.84 Å². The van der Waals surface area contributed by atoms with Crippen molar-refractivity contribution < 1.29 is 18.0 Å². The maximum atomic E-state index is 11.9. The highest BCUT2D eigenvalue weighted by Gasteiger charge is 2.26. The third kappa shape index (κ3) is 4.62. The van der Waals surface area contributed by atoms with Crippen LogP contribution in [0.15, 0.2) is 24.3 Å². The summed E-state index contributed by atoms with van der Waals surface area (Å²) in [6.45, 7) is -0.0305. The van der Waals surface area contributed by atoms with Gasteiger partial charge in [-0.3, -0.25) is 10.6 Å². The molecule has 4 N–H and O–H groups in total. The third-order valence-corrected chi connectivity index (χ3v) is 2.25. The van der Waals surface area contributed by atoms with Gasteiger partial charge in [0.15, 0.2) is 0 Å². The lowest BCUT2D eigenvalue weighted by Gasteiger charge is -2.10. The minimum absolute atomic E-state index is 0.0305. The normalized spacial score (nSPS) is 11.1. The Bertz CT molecular complexity index is 407. The number of nitrogens with two attached hydrogens (primary N) is 1. The Morgan fingerprint density at radius 2 is 1.94 bits per heavy atom. The van der Waals surface area contributed by atoms with E-state index in [1.165, 1.54) is 6.07 Å². The quantitative estimate of drug-likeness (QED) is 0.431. The summed E-state index contributed by atoms with van der Waals surface area (Å²) in [6, 6.07) is 6.47. The van der Waals surface area contributed by atoms with Crippen LogP contribution in [0, 0.1) is 0 Å². The number of hydrazine groups is 1. The lowest BCUT2D eigenvalue weighted by atomic mass is 10.1. The minimum Gasteiger partial charge on any atom is -0.352 e. The topological polar surface area (TPSA) is 67.1 Å². The summed E-state index contributed by atoms with van der Waals surface area (Å²) in [5.41, 5.74) is 3.07. The highest BCUT2D eigenvalue weighted by Crippen LogP contribution is 2.20. The van der Waals surface area contributed by atoms with E-state index in [-0.39, 0.29) is 13.0 Å². The minimum atomic E-state index is -4.19. The lowest BCUT2D eigenvalue weighted by molar-refractivity contribution is -0.135. The van der Waals surface area contributed by atoms with Gasteiger partial charge in [0.2, 0.25) is 0 Å². The summed E-state index contributed by atoms with van der Waals surface area (Å²) >= 11 is 0. The molecule has 0 aromatic heterocycles. The van der Waals surface area contributed by atoms with Gasteiger partial charge >= 0.3 is 6.18 Å². The zero-order chi connectivity index (χ0) is 13.6. The van der Waals surface area contributed by atoms with Crippen LogP contribution < -0.4 is 16.6 Å². The number of para-hydroxylation sites is 1. The van der Waals surface area contributed by atoms with Gasteiger partial charge in [-0.25, -0.2) is 0 Å². The molecule has 0 spiro atoms. The highest BCUT2D eigenvalue weighted by atomic mass is 19.4. The van der Waals surface area contributed by atoms with Crippen LogP contribution >= 0.6 is 0 Å². The van der Waals surface area contributed by atoms with Crippen molar-refractivity contribution in [1.29, 1.82) is 0 Å². The molecule has 0 atom stereocenters. The average molecular weight is 261 g/mol. The Labute approximate surface area is 102 Å². The number of halogens is 3. The van der Waals surface area contributed by atoms with Crippen LogP contribution in [0.4, 0.5) is 18.9 Å². The maximum absolute atomic E-state index is 11.9. The van der Waals surface area contributed by atoms with E-state index < -0.39 is 18.5 Å². The molecule has 0 saturated heterocycles. The number of rotatable bonds is 5. The third-order valence-electron chi connectivity index (χ3n) is 2.25. The largest absolute Gasteiger partial charge is 0.389 e. The second kappa shape index (κ2) is 6.25. The summed E-state index contributed by atoms with van der Waals surface area (Å²) in [5.74, 6) is 4.77. The number of carbonyl (C=O) groups is 1. The molecule has 1 amide bonds. The van der Waals surface area contributed by atoms with Crippen molar-refractivity contribution in [1.82, 2.24) is 5.32 Å². The predicted molar refractivity (Wildman–Crippen MR) is 61.9 cm³/mol. The van der Waals surface area contributed by atoms with Gasteiger partial charge in [-0.15, -0.1) is 0 Å². The number of anilines is 1. The molecule has 0 saturated carbocycles. The van der Waals surface area contributed by atoms with Crippen LogP contribution in [0.3, 0.4) is 0 Å². The van der Waals surface area contributed by atoms with E-state index in [2.05, 4.69) is 10.7 Å². The number of alkyl halides is 3. The van der Waals surface area contributed by atoms with Crippen molar-refractivity contribution in [2.75, 3.05) is 12.0 Å². The van der Waals surface area contributed by atoms with Gasteiger partial charge in [0.1, 0.15) is 0 Å². The fourth-order valence-electron chi connectivity index (χ4n) is 1.39. The monoisotopic (exact) mass is 261 g/mol. The Kier molecular flexibility index (Phi) is 4.96. The standard InChI is InChI=1S/C11H14F3N3O/c12-11(13,14)6-3-7-16-10(18)8-4-1-2-5-9(8)17-15/h1-2,4-5,17H,3,6-7,15H2,(H,16,18). The van der Waals surface area contributed by atoms with E-state index in [0.717, 1.165) is 0 Å². The molecule has 4 nitrogen and oxygen atoms in total. The summed E-state index contributed by atoms with van der Waals surface area (Å²) in [4.78, 5) is 11.7. The number of amides is 1. The fourth-order valence-corrected chi connectivity index (χ4v) is 1.39. The Balaban J connectivity index is 2.46. The molecule has 0 radical (unpaired) electrons. The molecule has 0 fully saturated rings. The van der Waals surface area contributed by atoms with E-state index >= 15 is 0 Å². The number of benzene rings is 1. The second-order valence-corrected chi connectivity index (χ2v) is 3.66. The first-order chi connectivity index (χ1) is 8.44. The molecular formula is C11H14F3N3O. The van der Waals surface area contributed by atoms with Crippen molar-refractivity contribution >= 4 is 11.6 Å². The molecule has 18 heavy (non-hydrogen) atoms. The van der Waals surface area contributed by atoms with Crippen LogP contribution in [-0.2, 0) is 0 Å². The van der Waals surface area contributed by atoms with Gasteiger partial charge in [-0.1, -0.05) is 12.1 Å². The van der Waals surface area contributed by atoms with Crippen molar-refractivity contribution in [3.63, 3.8) is 0 Å². The van der Waals surface area contributed by atoms with E-state index in [1.54, 1.807) is 18.2 Å². The molecule has 0 aliphatic heterocycles.